The summed E-state index contributed by atoms with van der Waals surface area (Å²) in [6.45, 7) is 0.345. The Hall–Kier alpha value is -0.910. The second-order valence-electron chi connectivity index (χ2n) is 3.03. The van der Waals surface area contributed by atoms with E-state index in [1.165, 1.54) is 0 Å². The Kier molecular flexibility index (Phi) is 3.41. The van der Waals surface area contributed by atoms with Crippen molar-refractivity contribution in [3.63, 3.8) is 0 Å². The molecule has 0 fully saturated rings. The van der Waals surface area contributed by atoms with Gasteiger partial charge in [-0.2, -0.15) is 0 Å². The van der Waals surface area contributed by atoms with Gasteiger partial charge in [0, 0.05) is 19.8 Å². The third-order valence-electron chi connectivity index (χ3n) is 1.81. The summed E-state index contributed by atoms with van der Waals surface area (Å²) >= 11 is 0. The van der Waals surface area contributed by atoms with E-state index in [9.17, 15) is 10.2 Å². The zero-order valence-corrected chi connectivity index (χ0v) is 7.81. The average molecular weight is 185 g/mol. The third-order valence-corrected chi connectivity index (χ3v) is 1.81. The van der Waals surface area contributed by atoms with Crippen molar-refractivity contribution in [3.05, 3.63) is 18.2 Å². The van der Waals surface area contributed by atoms with E-state index >= 15 is 0 Å². The van der Waals surface area contributed by atoms with Crippen molar-refractivity contribution in [3.8, 4) is 0 Å². The quantitative estimate of drug-likeness (QED) is 0.564. The van der Waals surface area contributed by atoms with Crippen molar-refractivity contribution in [2.24, 2.45) is 7.05 Å². The standard InChI is InChI=1S/C8H15N3O2/c1-9-3-7(12)8(13)6-4-11(2)5-10-6/h4-5,7-9,12-13H,3H2,1-2H3. The number of nitrogens with one attached hydrogen (secondary N) is 1. The smallest absolute Gasteiger partial charge is 0.124 e. The molecule has 0 amide bonds. The van der Waals surface area contributed by atoms with Crippen LogP contribution in [-0.4, -0.2) is 39.5 Å². The van der Waals surface area contributed by atoms with Crippen LogP contribution in [-0.2, 0) is 7.05 Å². The predicted molar refractivity (Wildman–Crippen MR) is 48.1 cm³/mol. The molecule has 0 aromatic carbocycles. The van der Waals surface area contributed by atoms with E-state index in [-0.39, 0.29) is 0 Å². The first-order chi connectivity index (χ1) is 6.15. The van der Waals surface area contributed by atoms with Crippen molar-refractivity contribution < 1.29 is 10.2 Å². The summed E-state index contributed by atoms with van der Waals surface area (Å²) in [6, 6.07) is 0. The molecule has 0 aliphatic rings. The number of aliphatic hydroxyl groups is 2. The van der Waals surface area contributed by atoms with Crippen LogP contribution >= 0.6 is 0 Å². The number of rotatable bonds is 4. The van der Waals surface area contributed by atoms with E-state index in [4.69, 9.17) is 0 Å². The molecule has 1 rings (SSSR count). The van der Waals surface area contributed by atoms with Gasteiger partial charge < -0.3 is 20.1 Å². The van der Waals surface area contributed by atoms with Crippen LogP contribution < -0.4 is 5.32 Å². The van der Waals surface area contributed by atoms with Gasteiger partial charge in [0.15, 0.2) is 0 Å². The lowest BCUT2D eigenvalue weighted by molar-refractivity contribution is 0.0178. The molecule has 3 N–H and O–H groups in total. The van der Waals surface area contributed by atoms with Gasteiger partial charge in [0.1, 0.15) is 6.10 Å². The molecule has 0 saturated heterocycles. The van der Waals surface area contributed by atoms with Gasteiger partial charge in [0.2, 0.25) is 0 Å². The number of hydrogen-bond donors (Lipinski definition) is 3. The number of likely N-dealkylation sites (N-methyl/N-ethyl adjacent to an activating group) is 1. The first-order valence-corrected chi connectivity index (χ1v) is 4.13. The number of aryl methyl sites for hydroxylation is 1. The molecule has 0 spiro atoms. The van der Waals surface area contributed by atoms with Crippen molar-refractivity contribution >= 4 is 0 Å². The minimum absolute atomic E-state index is 0.345. The van der Waals surface area contributed by atoms with E-state index in [1.54, 1.807) is 24.1 Å². The third kappa shape index (κ3) is 2.51. The van der Waals surface area contributed by atoms with Gasteiger partial charge in [-0.05, 0) is 7.05 Å². The summed E-state index contributed by atoms with van der Waals surface area (Å²) in [5.41, 5.74) is 0.491. The van der Waals surface area contributed by atoms with Crippen LogP contribution in [0.2, 0.25) is 0 Å². The number of aliphatic hydroxyl groups excluding tert-OH is 2. The second kappa shape index (κ2) is 4.36. The number of nitrogens with zero attached hydrogens (tertiary/aromatic N) is 2. The molecule has 2 atom stereocenters. The van der Waals surface area contributed by atoms with Gasteiger partial charge in [-0.15, -0.1) is 0 Å². The number of hydrogen-bond acceptors (Lipinski definition) is 4. The lowest BCUT2D eigenvalue weighted by atomic mass is 10.1. The topological polar surface area (TPSA) is 70.3 Å². The van der Waals surface area contributed by atoms with Gasteiger partial charge in [-0.1, -0.05) is 0 Å². The fourth-order valence-electron chi connectivity index (χ4n) is 1.10. The highest BCUT2D eigenvalue weighted by Crippen LogP contribution is 2.13. The first-order valence-electron chi connectivity index (χ1n) is 4.13. The summed E-state index contributed by atoms with van der Waals surface area (Å²) < 4.78 is 1.73. The van der Waals surface area contributed by atoms with E-state index < -0.39 is 12.2 Å². The molecule has 0 radical (unpaired) electrons. The fourth-order valence-corrected chi connectivity index (χ4v) is 1.10. The number of imidazole rings is 1. The SMILES string of the molecule is CNCC(O)C(O)c1cn(C)cn1. The van der Waals surface area contributed by atoms with Crippen molar-refractivity contribution in [2.45, 2.75) is 12.2 Å². The Balaban J connectivity index is 2.61. The molecule has 0 saturated carbocycles. The molecule has 0 bridgehead atoms. The number of aromatic nitrogens is 2. The summed E-state index contributed by atoms with van der Waals surface area (Å²) in [4.78, 5) is 3.94. The largest absolute Gasteiger partial charge is 0.389 e. The van der Waals surface area contributed by atoms with Gasteiger partial charge in [-0.25, -0.2) is 4.98 Å². The fraction of sp³-hybridized carbons (Fsp3) is 0.625. The molecular formula is C8H15N3O2. The Morgan fingerprint density at radius 3 is 2.77 bits per heavy atom. The van der Waals surface area contributed by atoms with Gasteiger partial charge in [0.05, 0.1) is 18.1 Å². The minimum atomic E-state index is -0.923. The van der Waals surface area contributed by atoms with E-state index in [0.29, 0.717) is 12.2 Å². The summed E-state index contributed by atoms with van der Waals surface area (Å²) in [5, 5.41) is 21.8. The molecule has 1 aromatic heterocycles. The highest BCUT2D eigenvalue weighted by atomic mass is 16.3. The van der Waals surface area contributed by atoms with Crippen LogP contribution in [0.15, 0.2) is 12.5 Å². The Labute approximate surface area is 77.0 Å². The average Bonchev–Trinajstić information content (AvgIpc) is 2.51. The Morgan fingerprint density at radius 2 is 2.31 bits per heavy atom. The zero-order chi connectivity index (χ0) is 9.84. The van der Waals surface area contributed by atoms with Crippen molar-refractivity contribution in [1.29, 1.82) is 0 Å². The van der Waals surface area contributed by atoms with Crippen molar-refractivity contribution in [2.75, 3.05) is 13.6 Å². The van der Waals surface area contributed by atoms with Crippen LogP contribution in [0.1, 0.15) is 11.8 Å². The summed E-state index contributed by atoms with van der Waals surface area (Å²) in [5.74, 6) is 0. The molecule has 13 heavy (non-hydrogen) atoms. The summed E-state index contributed by atoms with van der Waals surface area (Å²) in [6.07, 6.45) is 1.53. The van der Waals surface area contributed by atoms with Crippen LogP contribution in [0.3, 0.4) is 0 Å². The van der Waals surface area contributed by atoms with Crippen LogP contribution in [0, 0.1) is 0 Å². The van der Waals surface area contributed by atoms with E-state index in [1.807, 2.05) is 7.05 Å². The normalized spacial score (nSPS) is 15.7. The van der Waals surface area contributed by atoms with Gasteiger partial charge in [-0.3, -0.25) is 0 Å². The molecule has 1 heterocycles. The monoisotopic (exact) mass is 185 g/mol. The molecule has 74 valence electrons. The molecule has 1 aromatic rings. The molecule has 5 nitrogen and oxygen atoms in total. The van der Waals surface area contributed by atoms with Gasteiger partial charge >= 0.3 is 0 Å². The van der Waals surface area contributed by atoms with E-state index in [0.717, 1.165) is 0 Å². The first kappa shape index (κ1) is 10.2. The second-order valence-corrected chi connectivity index (χ2v) is 3.03. The maximum atomic E-state index is 9.57. The molecule has 5 heteroatoms. The summed E-state index contributed by atoms with van der Waals surface area (Å²) in [7, 11) is 3.53. The highest BCUT2D eigenvalue weighted by Gasteiger charge is 2.19. The maximum absolute atomic E-state index is 9.57. The molecular weight excluding hydrogens is 170 g/mol. The van der Waals surface area contributed by atoms with Crippen molar-refractivity contribution in [1.82, 2.24) is 14.9 Å². The maximum Gasteiger partial charge on any atom is 0.124 e. The lowest BCUT2D eigenvalue weighted by Gasteiger charge is -2.14. The molecule has 2 unspecified atom stereocenters. The van der Waals surface area contributed by atoms with Crippen LogP contribution in [0.25, 0.3) is 0 Å². The molecule has 0 aliphatic heterocycles. The highest BCUT2D eigenvalue weighted by molar-refractivity contribution is 5.02. The van der Waals surface area contributed by atoms with Crippen LogP contribution in [0.5, 0.6) is 0 Å². The zero-order valence-electron chi connectivity index (χ0n) is 7.81. The predicted octanol–water partition coefficient (Wildman–Crippen LogP) is -0.966. The molecule has 0 aliphatic carbocycles. The van der Waals surface area contributed by atoms with E-state index in [2.05, 4.69) is 10.3 Å². The minimum Gasteiger partial charge on any atom is -0.389 e. The Morgan fingerprint density at radius 1 is 1.62 bits per heavy atom. The van der Waals surface area contributed by atoms with Gasteiger partial charge in [0.25, 0.3) is 0 Å². The Bertz CT molecular complexity index is 262. The van der Waals surface area contributed by atoms with Crippen LogP contribution in [0.4, 0.5) is 0 Å². The lowest BCUT2D eigenvalue weighted by Crippen LogP contribution is -2.29.